The molecule has 0 aromatic heterocycles. The molecule has 0 fully saturated rings. The summed E-state index contributed by atoms with van der Waals surface area (Å²) in [5.41, 5.74) is 1.91. The molecule has 2 nitrogen and oxygen atoms in total. The topological polar surface area (TPSA) is 34.1 Å². The van der Waals surface area contributed by atoms with Crippen LogP contribution < -0.4 is 0 Å². The number of hydrogen-bond donors (Lipinski definition) is 0. The fraction of sp³-hybridized carbons (Fsp3) is 0.462. The van der Waals surface area contributed by atoms with Crippen molar-refractivity contribution in [2.24, 2.45) is 0 Å². The number of benzene rings is 1. The summed E-state index contributed by atoms with van der Waals surface area (Å²) >= 11 is 0. The van der Waals surface area contributed by atoms with E-state index >= 15 is 0 Å². The molecule has 1 rings (SSSR count). The van der Waals surface area contributed by atoms with Crippen LogP contribution in [-0.4, -0.2) is 21.5 Å². The molecule has 1 atom stereocenters. The van der Waals surface area contributed by atoms with Crippen LogP contribution in [0.5, 0.6) is 0 Å². The molecule has 0 amide bonds. The fourth-order valence-electron chi connectivity index (χ4n) is 1.48. The molecule has 0 aliphatic rings. The predicted molar refractivity (Wildman–Crippen MR) is 68.3 cm³/mol. The lowest BCUT2D eigenvalue weighted by Crippen LogP contribution is -2.12. The van der Waals surface area contributed by atoms with Crippen molar-refractivity contribution in [1.29, 1.82) is 0 Å². The Morgan fingerprint density at radius 1 is 1.19 bits per heavy atom. The Morgan fingerprint density at radius 3 is 2.31 bits per heavy atom. The van der Waals surface area contributed by atoms with Gasteiger partial charge in [0.1, 0.15) is 0 Å². The third-order valence-corrected chi connectivity index (χ3v) is 3.66. The minimum Gasteiger partial charge on any atom is -0.293 e. The van der Waals surface area contributed by atoms with Gasteiger partial charge in [0.25, 0.3) is 0 Å². The van der Waals surface area contributed by atoms with Crippen molar-refractivity contribution in [2.75, 3.05) is 11.5 Å². The van der Waals surface area contributed by atoms with E-state index in [1.165, 1.54) is 5.56 Å². The van der Waals surface area contributed by atoms with Gasteiger partial charge in [0.15, 0.2) is 5.78 Å². The summed E-state index contributed by atoms with van der Waals surface area (Å²) < 4.78 is 11.3. The highest BCUT2D eigenvalue weighted by Crippen LogP contribution is 2.08. The van der Waals surface area contributed by atoms with Crippen LogP contribution in [0.25, 0.3) is 0 Å². The SMILES string of the molecule is CCCc1ccc(C(=O)CS(=O)CC)cc1. The average molecular weight is 238 g/mol. The Labute approximate surface area is 99.5 Å². The van der Waals surface area contributed by atoms with Crippen LogP contribution >= 0.6 is 0 Å². The molecule has 0 saturated carbocycles. The summed E-state index contributed by atoms with van der Waals surface area (Å²) in [6, 6.07) is 7.62. The van der Waals surface area contributed by atoms with Crippen LogP contribution in [0.1, 0.15) is 36.2 Å². The highest BCUT2D eigenvalue weighted by molar-refractivity contribution is 7.85. The van der Waals surface area contributed by atoms with E-state index in [2.05, 4.69) is 6.92 Å². The molecule has 0 saturated heterocycles. The first-order valence-corrected chi connectivity index (χ1v) is 7.13. The van der Waals surface area contributed by atoms with Crippen molar-refractivity contribution in [2.45, 2.75) is 26.7 Å². The van der Waals surface area contributed by atoms with Crippen molar-refractivity contribution in [3.05, 3.63) is 35.4 Å². The second-order valence-electron chi connectivity index (χ2n) is 3.74. The van der Waals surface area contributed by atoms with Crippen molar-refractivity contribution in [1.82, 2.24) is 0 Å². The van der Waals surface area contributed by atoms with Gasteiger partial charge in [0, 0.05) is 22.1 Å². The van der Waals surface area contributed by atoms with Crippen molar-refractivity contribution >= 4 is 16.6 Å². The van der Waals surface area contributed by atoms with E-state index in [4.69, 9.17) is 0 Å². The van der Waals surface area contributed by atoms with Crippen molar-refractivity contribution in [3.8, 4) is 0 Å². The zero-order valence-corrected chi connectivity index (χ0v) is 10.7. The summed E-state index contributed by atoms with van der Waals surface area (Å²) in [5.74, 6) is 0.659. The number of carbonyl (C=O) groups is 1. The van der Waals surface area contributed by atoms with Crippen LogP contribution in [0.2, 0.25) is 0 Å². The van der Waals surface area contributed by atoms with Crippen LogP contribution in [-0.2, 0) is 17.2 Å². The van der Waals surface area contributed by atoms with E-state index < -0.39 is 10.8 Å². The molecule has 0 N–H and O–H groups in total. The Balaban J connectivity index is 2.66. The fourth-order valence-corrected chi connectivity index (χ4v) is 2.14. The van der Waals surface area contributed by atoms with Crippen LogP contribution in [0.15, 0.2) is 24.3 Å². The van der Waals surface area contributed by atoms with Gasteiger partial charge in [-0.15, -0.1) is 0 Å². The predicted octanol–water partition coefficient (Wildman–Crippen LogP) is 2.59. The largest absolute Gasteiger partial charge is 0.293 e. The van der Waals surface area contributed by atoms with E-state index in [1.54, 1.807) is 0 Å². The Kier molecular flexibility index (Phi) is 5.39. The summed E-state index contributed by atoms with van der Waals surface area (Å²) in [4.78, 5) is 11.7. The molecule has 0 aliphatic heterocycles. The standard InChI is InChI=1S/C13H18O2S/c1-3-5-11-6-8-12(9-7-11)13(14)10-16(15)4-2/h6-9H,3-5,10H2,1-2H3. The molecule has 88 valence electrons. The Bertz CT molecular complexity index is 368. The van der Waals surface area contributed by atoms with Gasteiger partial charge in [-0.25, -0.2) is 0 Å². The van der Waals surface area contributed by atoms with Gasteiger partial charge >= 0.3 is 0 Å². The molecule has 0 spiro atoms. The van der Waals surface area contributed by atoms with Gasteiger partial charge in [-0.3, -0.25) is 9.00 Å². The maximum atomic E-state index is 11.7. The minimum atomic E-state index is -1.02. The van der Waals surface area contributed by atoms with E-state index in [9.17, 15) is 9.00 Å². The third kappa shape index (κ3) is 3.89. The molecule has 3 heteroatoms. The molecular weight excluding hydrogens is 220 g/mol. The molecule has 0 heterocycles. The van der Waals surface area contributed by atoms with Crippen LogP contribution in [0.4, 0.5) is 0 Å². The number of Topliss-reactive ketones (excluding diaryl/α,β-unsaturated/α-hetero) is 1. The van der Waals surface area contributed by atoms with Gasteiger partial charge < -0.3 is 0 Å². The summed E-state index contributed by atoms with van der Waals surface area (Å²) in [6.07, 6.45) is 2.14. The Hall–Kier alpha value is -0.960. The van der Waals surface area contributed by atoms with Gasteiger partial charge in [0.05, 0.1) is 5.75 Å². The number of rotatable bonds is 6. The molecule has 0 aliphatic carbocycles. The maximum Gasteiger partial charge on any atom is 0.175 e. The van der Waals surface area contributed by atoms with E-state index in [-0.39, 0.29) is 11.5 Å². The first-order chi connectivity index (χ1) is 7.67. The first kappa shape index (κ1) is 13.1. The van der Waals surface area contributed by atoms with Crippen LogP contribution in [0.3, 0.4) is 0 Å². The smallest absolute Gasteiger partial charge is 0.175 e. The number of aryl methyl sites for hydroxylation is 1. The number of hydrogen-bond acceptors (Lipinski definition) is 2. The highest BCUT2D eigenvalue weighted by Gasteiger charge is 2.08. The second kappa shape index (κ2) is 6.59. The van der Waals surface area contributed by atoms with Gasteiger partial charge in [-0.1, -0.05) is 44.5 Å². The average Bonchev–Trinajstić information content (AvgIpc) is 2.30. The molecule has 1 unspecified atom stereocenters. The third-order valence-electron chi connectivity index (χ3n) is 2.43. The maximum absolute atomic E-state index is 11.7. The quantitative estimate of drug-likeness (QED) is 0.714. The summed E-state index contributed by atoms with van der Waals surface area (Å²) in [6.45, 7) is 3.96. The van der Waals surface area contributed by atoms with Gasteiger partial charge in [0.2, 0.25) is 0 Å². The molecule has 16 heavy (non-hydrogen) atoms. The monoisotopic (exact) mass is 238 g/mol. The van der Waals surface area contributed by atoms with E-state index in [0.717, 1.165) is 12.8 Å². The highest BCUT2D eigenvalue weighted by atomic mass is 32.2. The van der Waals surface area contributed by atoms with Crippen molar-refractivity contribution < 1.29 is 9.00 Å². The first-order valence-electron chi connectivity index (χ1n) is 5.64. The molecule has 0 radical (unpaired) electrons. The summed E-state index contributed by atoms with van der Waals surface area (Å²) in [7, 11) is -1.02. The van der Waals surface area contributed by atoms with E-state index in [0.29, 0.717) is 11.3 Å². The minimum absolute atomic E-state index is 0.0248. The van der Waals surface area contributed by atoms with E-state index in [1.807, 2.05) is 31.2 Å². The van der Waals surface area contributed by atoms with Gasteiger partial charge in [-0.2, -0.15) is 0 Å². The molecule has 1 aromatic rings. The lowest BCUT2D eigenvalue weighted by atomic mass is 10.1. The molecular formula is C13H18O2S. The van der Waals surface area contributed by atoms with Crippen molar-refractivity contribution in [3.63, 3.8) is 0 Å². The number of ketones is 1. The normalized spacial score (nSPS) is 12.4. The van der Waals surface area contributed by atoms with Crippen LogP contribution in [0, 0.1) is 0 Å². The second-order valence-corrected chi connectivity index (χ2v) is 5.49. The summed E-state index contributed by atoms with van der Waals surface area (Å²) in [5, 5.41) is 0. The molecule has 0 bridgehead atoms. The zero-order valence-electron chi connectivity index (χ0n) is 9.86. The lowest BCUT2D eigenvalue weighted by molar-refractivity contribution is 0.102. The Morgan fingerprint density at radius 2 is 1.81 bits per heavy atom. The lowest BCUT2D eigenvalue weighted by Gasteiger charge is -2.02. The zero-order chi connectivity index (χ0) is 12.0. The van der Waals surface area contributed by atoms with Gasteiger partial charge in [-0.05, 0) is 12.0 Å². The molecule has 1 aromatic carbocycles. The number of carbonyl (C=O) groups excluding carboxylic acids is 1.